The highest BCUT2D eigenvalue weighted by Gasteiger charge is 2.06. The van der Waals surface area contributed by atoms with Gasteiger partial charge in [0.1, 0.15) is 0 Å². The van der Waals surface area contributed by atoms with Gasteiger partial charge in [-0.3, -0.25) is 14.8 Å². The van der Waals surface area contributed by atoms with E-state index in [9.17, 15) is 4.79 Å². The van der Waals surface area contributed by atoms with E-state index in [0.717, 1.165) is 19.5 Å². The van der Waals surface area contributed by atoms with E-state index in [1.165, 1.54) is 5.56 Å². The lowest BCUT2D eigenvalue weighted by molar-refractivity contribution is 0.645. The van der Waals surface area contributed by atoms with Crippen molar-refractivity contribution < 1.29 is 0 Å². The highest BCUT2D eigenvalue weighted by Crippen LogP contribution is 2.03. The zero-order valence-corrected chi connectivity index (χ0v) is 14.0. The maximum Gasteiger partial charge on any atom is 0.255 e. The summed E-state index contributed by atoms with van der Waals surface area (Å²) in [4.78, 5) is 22.3. The largest absolute Gasteiger partial charge is 0.369 e. The van der Waals surface area contributed by atoms with Crippen LogP contribution in [0.15, 0.2) is 29.3 Å². The van der Waals surface area contributed by atoms with E-state index >= 15 is 0 Å². The molecule has 0 unspecified atom stereocenters. The number of halogens is 2. The van der Waals surface area contributed by atoms with Crippen LogP contribution in [0.3, 0.4) is 0 Å². The van der Waals surface area contributed by atoms with Crippen LogP contribution >= 0.6 is 24.8 Å². The topological polar surface area (TPSA) is 96.7 Å². The van der Waals surface area contributed by atoms with Gasteiger partial charge in [0.2, 0.25) is 5.95 Å². The molecule has 0 amide bonds. The van der Waals surface area contributed by atoms with Crippen LogP contribution < -0.4 is 16.6 Å². The summed E-state index contributed by atoms with van der Waals surface area (Å²) in [7, 11) is 0. The van der Waals surface area contributed by atoms with Crippen molar-refractivity contribution in [3.63, 3.8) is 0 Å². The number of H-pyrrole nitrogens is 1. The van der Waals surface area contributed by atoms with Gasteiger partial charge in [0.25, 0.3) is 5.56 Å². The standard InChI is InChI=1S/C14H19N5O.2ClH/c1-10-12(13(20)19-14(15)18-10)3-2-6-17-9-11-4-7-16-8-5-11;;/h4-5,7-8,17H,2-3,6,9H2,1H3,(H3,15,18,19,20);2*1H. The first-order valence-electron chi connectivity index (χ1n) is 6.61. The molecule has 0 aliphatic heterocycles. The fourth-order valence-corrected chi connectivity index (χ4v) is 2.05. The van der Waals surface area contributed by atoms with Gasteiger partial charge in [-0.1, -0.05) is 0 Å². The maximum absolute atomic E-state index is 11.7. The highest BCUT2D eigenvalue weighted by atomic mass is 35.5. The number of aromatic nitrogens is 3. The Labute approximate surface area is 141 Å². The van der Waals surface area contributed by atoms with Crippen LogP contribution in [0.2, 0.25) is 0 Å². The molecule has 6 nitrogen and oxygen atoms in total. The second-order valence-corrected chi connectivity index (χ2v) is 4.65. The van der Waals surface area contributed by atoms with Gasteiger partial charge < -0.3 is 11.1 Å². The minimum atomic E-state index is -0.135. The molecule has 4 N–H and O–H groups in total. The van der Waals surface area contributed by atoms with Crippen molar-refractivity contribution in [1.82, 2.24) is 20.3 Å². The summed E-state index contributed by atoms with van der Waals surface area (Å²) in [5, 5.41) is 3.34. The molecular formula is C14H21Cl2N5O. The van der Waals surface area contributed by atoms with Crippen molar-refractivity contribution in [3.05, 3.63) is 51.7 Å². The molecule has 2 aromatic rings. The first kappa shape index (κ1) is 20.4. The Morgan fingerprint density at radius 3 is 2.59 bits per heavy atom. The Morgan fingerprint density at radius 1 is 1.27 bits per heavy atom. The van der Waals surface area contributed by atoms with Crippen LogP contribution in [-0.4, -0.2) is 21.5 Å². The molecule has 0 fully saturated rings. The van der Waals surface area contributed by atoms with E-state index in [-0.39, 0.29) is 36.3 Å². The molecule has 0 bridgehead atoms. The van der Waals surface area contributed by atoms with Crippen molar-refractivity contribution in [2.24, 2.45) is 0 Å². The molecule has 0 aliphatic carbocycles. The summed E-state index contributed by atoms with van der Waals surface area (Å²) >= 11 is 0. The molecule has 22 heavy (non-hydrogen) atoms. The quantitative estimate of drug-likeness (QED) is 0.691. The van der Waals surface area contributed by atoms with E-state index < -0.39 is 0 Å². The fraction of sp³-hybridized carbons (Fsp3) is 0.357. The van der Waals surface area contributed by atoms with Crippen LogP contribution in [0.1, 0.15) is 23.2 Å². The third-order valence-electron chi connectivity index (χ3n) is 3.10. The SMILES string of the molecule is Cc1nc(N)[nH]c(=O)c1CCCNCc1ccncc1.Cl.Cl. The Kier molecular flexibility index (Phi) is 9.40. The molecule has 0 aliphatic rings. The van der Waals surface area contributed by atoms with Crippen LogP contribution in [0.5, 0.6) is 0 Å². The van der Waals surface area contributed by atoms with E-state index in [1.54, 1.807) is 12.4 Å². The van der Waals surface area contributed by atoms with Gasteiger partial charge in [-0.15, -0.1) is 24.8 Å². The Bertz CT molecular complexity index is 618. The van der Waals surface area contributed by atoms with Crippen molar-refractivity contribution >= 4 is 30.8 Å². The highest BCUT2D eigenvalue weighted by molar-refractivity contribution is 5.85. The average Bonchev–Trinajstić information content (AvgIpc) is 2.42. The molecule has 0 atom stereocenters. The molecule has 8 heteroatoms. The summed E-state index contributed by atoms with van der Waals surface area (Å²) in [5.74, 6) is 0.173. The average molecular weight is 346 g/mol. The summed E-state index contributed by atoms with van der Waals surface area (Å²) in [6.45, 7) is 3.45. The van der Waals surface area contributed by atoms with Crippen LogP contribution in [0.25, 0.3) is 0 Å². The van der Waals surface area contributed by atoms with Gasteiger partial charge in [-0.25, -0.2) is 4.98 Å². The maximum atomic E-state index is 11.7. The van der Waals surface area contributed by atoms with Crippen LogP contribution in [0, 0.1) is 6.92 Å². The lowest BCUT2D eigenvalue weighted by Crippen LogP contribution is -2.21. The number of hydrogen-bond acceptors (Lipinski definition) is 5. The Hall–Kier alpha value is -1.63. The van der Waals surface area contributed by atoms with Gasteiger partial charge in [0.05, 0.1) is 0 Å². The van der Waals surface area contributed by atoms with E-state index in [4.69, 9.17) is 5.73 Å². The number of rotatable bonds is 6. The third kappa shape index (κ3) is 6.01. The van der Waals surface area contributed by atoms with Crippen LogP contribution in [0.4, 0.5) is 5.95 Å². The summed E-state index contributed by atoms with van der Waals surface area (Å²) in [6, 6.07) is 3.96. The number of aromatic amines is 1. The van der Waals surface area contributed by atoms with Gasteiger partial charge >= 0.3 is 0 Å². The summed E-state index contributed by atoms with van der Waals surface area (Å²) < 4.78 is 0. The molecule has 0 saturated carbocycles. The van der Waals surface area contributed by atoms with Crippen molar-refractivity contribution in [2.45, 2.75) is 26.3 Å². The number of anilines is 1. The first-order chi connectivity index (χ1) is 9.66. The number of nitrogens with one attached hydrogen (secondary N) is 2. The second-order valence-electron chi connectivity index (χ2n) is 4.65. The fourth-order valence-electron chi connectivity index (χ4n) is 2.05. The number of aryl methyl sites for hydroxylation is 1. The minimum absolute atomic E-state index is 0. The molecule has 122 valence electrons. The minimum Gasteiger partial charge on any atom is -0.369 e. The smallest absolute Gasteiger partial charge is 0.255 e. The number of pyridine rings is 1. The van der Waals surface area contributed by atoms with Gasteiger partial charge in [-0.05, 0) is 44.0 Å². The monoisotopic (exact) mass is 345 g/mol. The number of nitrogens with two attached hydrogens (primary N) is 1. The molecule has 2 rings (SSSR count). The summed E-state index contributed by atoms with van der Waals surface area (Å²) in [5.41, 5.74) is 7.97. The lowest BCUT2D eigenvalue weighted by atomic mass is 10.1. The molecule has 2 heterocycles. The summed E-state index contributed by atoms with van der Waals surface area (Å²) in [6.07, 6.45) is 5.12. The first-order valence-corrected chi connectivity index (χ1v) is 6.61. The number of nitrogens with zero attached hydrogens (tertiary/aromatic N) is 2. The zero-order valence-electron chi connectivity index (χ0n) is 12.3. The van der Waals surface area contributed by atoms with E-state index in [0.29, 0.717) is 17.7 Å². The Morgan fingerprint density at radius 2 is 1.95 bits per heavy atom. The molecule has 0 aromatic carbocycles. The predicted octanol–water partition coefficient (Wildman–Crippen LogP) is 1.62. The number of hydrogen-bond donors (Lipinski definition) is 3. The number of nitrogen functional groups attached to an aromatic ring is 1. The third-order valence-corrected chi connectivity index (χ3v) is 3.10. The normalized spacial score (nSPS) is 9.68. The van der Waals surface area contributed by atoms with E-state index in [1.807, 2.05) is 19.1 Å². The van der Waals surface area contributed by atoms with Gasteiger partial charge in [0, 0.05) is 30.2 Å². The Balaban J connectivity index is 0.00000220. The molecule has 0 radical (unpaired) electrons. The molecule has 2 aromatic heterocycles. The van der Waals surface area contributed by atoms with Crippen LogP contribution in [-0.2, 0) is 13.0 Å². The van der Waals surface area contributed by atoms with Gasteiger partial charge in [-0.2, -0.15) is 0 Å². The predicted molar refractivity (Wildman–Crippen MR) is 92.8 cm³/mol. The van der Waals surface area contributed by atoms with E-state index in [2.05, 4.69) is 20.3 Å². The van der Waals surface area contributed by atoms with Gasteiger partial charge in [0.15, 0.2) is 0 Å². The van der Waals surface area contributed by atoms with Crippen molar-refractivity contribution in [1.29, 1.82) is 0 Å². The second kappa shape index (κ2) is 10.2. The van der Waals surface area contributed by atoms with Crippen molar-refractivity contribution in [2.75, 3.05) is 12.3 Å². The molecule has 0 spiro atoms. The van der Waals surface area contributed by atoms with Crippen molar-refractivity contribution in [3.8, 4) is 0 Å². The molecular weight excluding hydrogens is 325 g/mol. The lowest BCUT2D eigenvalue weighted by Gasteiger charge is -2.06. The zero-order chi connectivity index (χ0) is 14.4. The molecule has 0 saturated heterocycles.